The second-order valence-electron chi connectivity index (χ2n) is 2.58. The average Bonchev–Trinajstić information content (AvgIpc) is 2.44. The van der Waals surface area contributed by atoms with Crippen molar-refractivity contribution in [3.05, 3.63) is 33.6 Å². The number of aromatic nitrogens is 2. The van der Waals surface area contributed by atoms with Crippen LogP contribution in [0.1, 0.15) is 5.69 Å². The van der Waals surface area contributed by atoms with Gasteiger partial charge >= 0.3 is 0 Å². The molecule has 1 N–H and O–H groups in total. The molecule has 0 aromatic carbocycles. The summed E-state index contributed by atoms with van der Waals surface area (Å²) >= 11 is 9.14. The van der Waals surface area contributed by atoms with Gasteiger partial charge in [-0.1, -0.05) is 11.6 Å². The lowest BCUT2D eigenvalue weighted by Crippen LogP contribution is -1.84. The lowest BCUT2D eigenvalue weighted by atomic mass is 10.5. The van der Waals surface area contributed by atoms with Crippen molar-refractivity contribution < 1.29 is 5.11 Å². The molecule has 0 radical (unpaired) electrons. The Hall–Kier alpha value is -0.580. The molecule has 0 atom stereocenters. The zero-order chi connectivity index (χ0) is 9.42. The number of rotatable bonds is 1. The number of hydrogen-bond donors (Lipinski definition) is 1. The molecule has 0 aliphatic heterocycles. The predicted molar refractivity (Wildman–Crippen MR) is 53.8 cm³/mol. The topological polar surface area (TPSA) is 37.5 Å². The summed E-state index contributed by atoms with van der Waals surface area (Å²) in [5.74, 6) is 0. The highest BCUT2D eigenvalue weighted by Gasteiger charge is 2.07. The van der Waals surface area contributed by atoms with Gasteiger partial charge in [-0.25, -0.2) is 4.98 Å². The Bertz CT molecular complexity index is 455. The van der Waals surface area contributed by atoms with Crippen LogP contribution >= 0.6 is 27.5 Å². The summed E-state index contributed by atoms with van der Waals surface area (Å²) in [6, 6.07) is 3.56. The molecule has 13 heavy (non-hydrogen) atoms. The van der Waals surface area contributed by atoms with Crippen molar-refractivity contribution in [1.82, 2.24) is 9.38 Å². The van der Waals surface area contributed by atoms with Crippen LogP contribution in [0.2, 0.25) is 5.02 Å². The minimum absolute atomic E-state index is 0.0835. The van der Waals surface area contributed by atoms with E-state index in [9.17, 15) is 0 Å². The monoisotopic (exact) mass is 260 g/mol. The van der Waals surface area contributed by atoms with Crippen LogP contribution in [0.4, 0.5) is 0 Å². The summed E-state index contributed by atoms with van der Waals surface area (Å²) in [4.78, 5) is 4.18. The van der Waals surface area contributed by atoms with Crippen LogP contribution in [0.15, 0.2) is 22.9 Å². The van der Waals surface area contributed by atoms with Gasteiger partial charge in [-0.3, -0.25) is 4.40 Å². The molecule has 2 aromatic rings. The lowest BCUT2D eigenvalue weighted by Gasteiger charge is -1.94. The maximum atomic E-state index is 8.95. The zero-order valence-corrected chi connectivity index (χ0v) is 8.88. The molecule has 0 fully saturated rings. The van der Waals surface area contributed by atoms with Crippen molar-refractivity contribution in [1.29, 1.82) is 0 Å². The first-order chi connectivity index (χ1) is 6.22. The summed E-state index contributed by atoms with van der Waals surface area (Å²) in [7, 11) is 0. The predicted octanol–water partition coefficient (Wildman–Crippen LogP) is 2.24. The summed E-state index contributed by atoms with van der Waals surface area (Å²) in [5.41, 5.74) is 1.38. The number of aliphatic hydroxyl groups is 1. The first-order valence-corrected chi connectivity index (χ1v) is 4.82. The van der Waals surface area contributed by atoms with Gasteiger partial charge in [0.15, 0.2) is 0 Å². The quantitative estimate of drug-likeness (QED) is 0.855. The minimum Gasteiger partial charge on any atom is -0.390 e. The van der Waals surface area contributed by atoms with Gasteiger partial charge in [0.2, 0.25) is 0 Å². The maximum absolute atomic E-state index is 8.95. The molecule has 68 valence electrons. The molecule has 0 spiro atoms. The molecule has 0 aliphatic rings. The molecule has 0 saturated heterocycles. The van der Waals surface area contributed by atoms with Gasteiger partial charge in [0.1, 0.15) is 10.3 Å². The second kappa shape index (κ2) is 3.29. The third-order valence-corrected chi connectivity index (χ3v) is 2.80. The molecule has 0 amide bonds. The molecule has 0 saturated carbocycles. The lowest BCUT2D eigenvalue weighted by molar-refractivity contribution is 0.276. The number of fused-ring (bicyclic) bond motifs is 1. The van der Waals surface area contributed by atoms with E-state index in [1.54, 1.807) is 22.7 Å². The fraction of sp³-hybridized carbons (Fsp3) is 0.125. The SMILES string of the molecule is OCc1nc2ccc(Cl)cn2c1Br. The third kappa shape index (κ3) is 1.45. The van der Waals surface area contributed by atoms with Crippen LogP contribution in [0.25, 0.3) is 5.65 Å². The van der Waals surface area contributed by atoms with Crippen molar-refractivity contribution in [2.45, 2.75) is 6.61 Å². The highest BCUT2D eigenvalue weighted by molar-refractivity contribution is 9.10. The van der Waals surface area contributed by atoms with Crippen molar-refractivity contribution >= 4 is 33.2 Å². The van der Waals surface area contributed by atoms with E-state index in [1.807, 2.05) is 0 Å². The summed E-state index contributed by atoms with van der Waals surface area (Å²) in [6.07, 6.45) is 1.74. The van der Waals surface area contributed by atoms with E-state index < -0.39 is 0 Å². The maximum Gasteiger partial charge on any atom is 0.138 e. The van der Waals surface area contributed by atoms with Crippen molar-refractivity contribution in [3.8, 4) is 0 Å². The van der Waals surface area contributed by atoms with Gasteiger partial charge in [0.05, 0.1) is 17.3 Å². The van der Waals surface area contributed by atoms with E-state index >= 15 is 0 Å². The van der Waals surface area contributed by atoms with E-state index in [0.717, 1.165) is 10.3 Å². The Balaban J connectivity index is 2.77. The van der Waals surface area contributed by atoms with Crippen LogP contribution in [-0.4, -0.2) is 14.5 Å². The van der Waals surface area contributed by atoms with E-state index in [0.29, 0.717) is 10.7 Å². The normalized spacial score (nSPS) is 11.0. The van der Waals surface area contributed by atoms with Gasteiger partial charge in [0, 0.05) is 6.20 Å². The van der Waals surface area contributed by atoms with Crippen molar-refractivity contribution in [2.75, 3.05) is 0 Å². The molecular formula is C8H6BrClN2O. The van der Waals surface area contributed by atoms with E-state index in [1.165, 1.54) is 0 Å². The molecule has 0 bridgehead atoms. The highest BCUT2D eigenvalue weighted by Crippen LogP contribution is 2.20. The Morgan fingerprint density at radius 3 is 3.00 bits per heavy atom. The zero-order valence-electron chi connectivity index (χ0n) is 6.54. The summed E-state index contributed by atoms with van der Waals surface area (Å²) < 4.78 is 2.53. The third-order valence-electron chi connectivity index (χ3n) is 1.74. The molecule has 0 aliphatic carbocycles. The van der Waals surface area contributed by atoms with Gasteiger partial charge < -0.3 is 5.11 Å². The first kappa shape index (κ1) is 8.99. The van der Waals surface area contributed by atoms with Crippen LogP contribution in [0.3, 0.4) is 0 Å². The Morgan fingerprint density at radius 1 is 1.54 bits per heavy atom. The number of halogens is 2. The van der Waals surface area contributed by atoms with Crippen molar-refractivity contribution in [3.63, 3.8) is 0 Å². The van der Waals surface area contributed by atoms with Gasteiger partial charge in [0.25, 0.3) is 0 Å². The number of pyridine rings is 1. The second-order valence-corrected chi connectivity index (χ2v) is 3.77. The average molecular weight is 262 g/mol. The smallest absolute Gasteiger partial charge is 0.138 e. The highest BCUT2D eigenvalue weighted by atomic mass is 79.9. The summed E-state index contributed by atoms with van der Waals surface area (Å²) in [5, 5.41) is 9.58. The van der Waals surface area contributed by atoms with Crippen LogP contribution < -0.4 is 0 Å². The van der Waals surface area contributed by atoms with E-state index in [2.05, 4.69) is 20.9 Å². The number of aliphatic hydroxyl groups excluding tert-OH is 1. The number of nitrogens with zero attached hydrogens (tertiary/aromatic N) is 2. The Morgan fingerprint density at radius 2 is 2.31 bits per heavy atom. The fourth-order valence-corrected chi connectivity index (χ4v) is 1.80. The van der Waals surface area contributed by atoms with Gasteiger partial charge in [-0.2, -0.15) is 0 Å². The van der Waals surface area contributed by atoms with Crippen molar-refractivity contribution in [2.24, 2.45) is 0 Å². The Labute approximate surface area is 88.1 Å². The Kier molecular flexibility index (Phi) is 2.27. The molecule has 5 heteroatoms. The van der Waals surface area contributed by atoms with Crippen LogP contribution in [-0.2, 0) is 6.61 Å². The number of imidazole rings is 1. The molecule has 2 heterocycles. The first-order valence-electron chi connectivity index (χ1n) is 3.65. The minimum atomic E-state index is -0.0835. The van der Waals surface area contributed by atoms with Gasteiger partial charge in [-0.15, -0.1) is 0 Å². The largest absolute Gasteiger partial charge is 0.390 e. The molecule has 3 nitrogen and oxygen atoms in total. The van der Waals surface area contributed by atoms with E-state index in [4.69, 9.17) is 16.7 Å². The number of hydrogen-bond acceptors (Lipinski definition) is 2. The van der Waals surface area contributed by atoms with Crippen LogP contribution in [0.5, 0.6) is 0 Å². The molecule has 2 rings (SSSR count). The standard InChI is InChI=1S/C8H6BrClN2O/c9-8-6(4-13)11-7-2-1-5(10)3-12(7)8/h1-3,13H,4H2. The van der Waals surface area contributed by atoms with Crippen LogP contribution in [0, 0.1) is 0 Å². The molecular weight excluding hydrogens is 255 g/mol. The molecule has 2 aromatic heterocycles. The fourth-order valence-electron chi connectivity index (χ4n) is 1.14. The van der Waals surface area contributed by atoms with Gasteiger partial charge in [-0.05, 0) is 28.1 Å². The summed E-state index contributed by atoms with van der Waals surface area (Å²) in [6.45, 7) is -0.0835. The van der Waals surface area contributed by atoms with E-state index in [-0.39, 0.29) is 6.61 Å². The molecule has 0 unspecified atom stereocenters.